The maximum atomic E-state index is 12.9. The van der Waals surface area contributed by atoms with Crippen molar-refractivity contribution in [1.82, 2.24) is 15.0 Å². The molecule has 2 aromatic carbocycles. The van der Waals surface area contributed by atoms with E-state index in [4.69, 9.17) is 4.74 Å². The number of hydrogen-bond acceptors (Lipinski definition) is 6. The molecule has 1 aromatic heterocycles. The van der Waals surface area contributed by atoms with E-state index in [0.29, 0.717) is 22.7 Å². The Morgan fingerprint density at radius 3 is 2.61 bits per heavy atom. The number of carbonyl (C=O) groups is 2. The quantitative estimate of drug-likeness (QED) is 0.502. The second-order valence-electron chi connectivity index (χ2n) is 6.76. The lowest BCUT2D eigenvalue weighted by atomic mass is 10.2. The van der Waals surface area contributed by atoms with Crippen molar-refractivity contribution in [3.63, 3.8) is 0 Å². The SMILES string of the molecule is CCN(CC)c1ccc(C=O)c(OCc2cn(CC(=O)Nc3ccc(F)cc3)nn2)c1. The number of nitrogens with zero attached hydrogens (tertiary/aromatic N) is 4. The molecule has 3 rings (SSSR count). The minimum absolute atomic E-state index is 0.0542. The number of aromatic nitrogens is 3. The largest absolute Gasteiger partial charge is 0.486 e. The normalized spacial score (nSPS) is 10.5. The van der Waals surface area contributed by atoms with Crippen molar-refractivity contribution < 1.29 is 18.7 Å². The number of anilines is 2. The lowest BCUT2D eigenvalue weighted by molar-refractivity contribution is -0.116. The van der Waals surface area contributed by atoms with Crippen LogP contribution in [0, 0.1) is 5.82 Å². The van der Waals surface area contributed by atoms with Crippen LogP contribution in [0.15, 0.2) is 48.7 Å². The molecule has 9 heteroatoms. The predicted molar refractivity (Wildman–Crippen MR) is 115 cm³/mol. The van der Waals surface area contributed by atoms with Gasteiger partial charge in [0, 0.05) is 30.5 Å². The molecular weight excluding hydrogens is 401 g/mol. The Labute approximate surface area is 179 Å². The molecule has 0 atom stereocenters. The Bertz CT molecular complexity index is 1030. The van der Waals surface area contributed by atoms with Gasteiger partial charge in [-0.25, -0.2) is 9.07 Å². The third-order valence-electron chi connectivity index (χ3n) is 4.65. The summed E-state index contributed by atoms with van der Waals surface area (Å²) in [5.41, 5.74) is 2.41. The first-order valence-electron chi connectivity index (χ1n) is 9.93. The summed E-state index contributed by atoms with van der Waals surface area (Å²) in [5.74, 6) is -0.235. The number of ether oxygens (including phenoxy) is 1. The van der Waals surface area contributed by atoms with Crippen LogP contribution in [0.25, 0.3) is 0 Å². The van der Waals surface area contributed by atoms with Gasteiger partial charge < -0.3 is 15.0 Å². The highest BCUT2D eigenvalue weighted by atomic mass is 19.1. The molecule has 0 bridgehead atoms. The van der Waals surface area contributed by atoms with Crippen LogP contribution >= 0.6 is 0 Å². The number of amides is 1. The summed E-state index contributed by atoms with van der Waals surface area (Å²) in [4.78, 5) is 25.6. The fourth-order valence-electron chi connectivity index (χ4n) is 3.05. The van der Waals surface area contributed by atoms with Gasteiger partial charge in [-0.2, -0.15) is 0 Å². The van der Waals surface area contributed by atoms with Crippen molar-refractivity contribution in [1.29, 1.82) is 0 Å². The van der Waals surface area contributed by atoms with Crippen molar-refractivity contribution >= 4 is 23.6 Å². The first kappa shape index (κ1) is 21.9. The monoisotopic (exact) mass is 425 g/mol. The molecule has 0 fully saturated rings. The number of carbonyl (C=O) groups excluding carboxylic acids is 2. The van der Waals surface area contributed by atoms with E-state index in [1.54, 1.807) is 12.3 Å². The highest BCUT2D eigenvalue weighted by Gasteiger charge is 2.11. The molecule has 0 radical (unpaired) electrons. The third kappa shape index (κ3) is 5.88. The molecule has 0 saturated heterocycles. The van der Waals surface area contributed by atoms with Crippen LogP contribution < -0.4 is 15.0 Å². The molecule has 8 nitrogen and oxygen atoms in total. The van der Waals surface area contributed by atoms with Crippen LogP contribution in [0.2, 0.25) is 0 Å². The summed E-state index contributed by atoms with van der Waals surface area (Å²) >= 11 is 0. The van der Waals surface area contributed by atoms with Gasteiger partial charge in [0.25, 0.3) is 0 Å². The molecule has 1 amide bonds. The van der Waals surface area contributed by atoms with Crippen LogP contribution in [0.4, 0.5) is 15.8 Å². The minimum Gasteiger partial charge on any atom is -0.486 e. The smallest absolute Gasteiger partial charge is 0.246 e. The Morgan fingerprint density at radius 2 is 1.94 bits per heavy atom. The summed E-state index contributed by atoms with van der Waals surface area (Å²) in [6.45, 7) is 5.84. The molecule has 0 aliphatic rings. The Balaban J connectivity index is 1.61. The summed E-state index contributed by atoms with van der Waals surface area (Å²) in [5, 5.41) is 10.6. The van der Waals surface area contributed by atoms with Gasteiger partial charge in [-0.3, -0.25) is 9.59 Å². The first-order chi connectivity index (χ1) is 15.0. The van der Waals surface area contributed by atoms with Crippen molar-refractivity contribution in [2.75, 3.05) is 23.3 Å². The maximum absolute atomic E-state index is 12.9. The van der Waals surface area contributed by atoms with E-state index in [2.05, 4.69) is 34.4 Å². The zero-order valence-corrected chi connectivity index (χ0v) is 17.4. The van der Waals surface area contributed by atoms with Crippen LogP contribution in [-0.2, 0) is 17.9 Å². The van der Waals surface area contributed by atoms with E-state index in [0.717, 1.165) is 25.1 Å². The standard InChI is InChI=1S/C22H24FN5O3/c1-3-27(4-2)20-10-5-16(14-29)21(11-20)31-15-19-12-28(26-25-19)13-22(30)24-18-8-6-17(23)7-9-18/h5-12,14H,3-4,13,15H2,1-2H3,(H,24,30). The average Bonchev–Trinajstić information content (AvgIpc) is 3.22. The minimum atomic E-state index is -0.376. The van der Waals surface area contributed by atoms with E-state index >= 15 is 0 Å². The fraction of sp³-hybridized carbons (Fsp3) is 0.273. The molecule has 3 aromatic rings. The summed E-state index contributed by atoms with van der Waals surface area (Å²) in [6, 6.07) is 10.9. The maximum Gasteiger partial charge on any atom is 0.246 e. The van der Waals surface area contributed by atoms with Crippen molar-refractivity contribution in [2.45, 2.75) is 27.0 Å². The van der Waals surface area contributed by atoms with Gasteiger partial charge in [0.15, 0.2) is 6.29 Å². The van der Waals surface area contributed by atoms with Crippen molar-refractivity contribution in [3.8, 4) is 5.75 Å². The van der Waals surface area contributed by atoms with E-state index in [9.17, 15) is 14.0 Å². The predicted octanol–water partition coefficient (Wildman–Crippen LogP) is 3.29. The zero-order valence-electron chi connectivity index (χ0n) is 17.4. The second kappa shape index (κ2) is 10.3. The zero-order chi connectivity index (χ0) is 22.2. The van der Waals surface area contributed by atoms with Crippen LogP contribution in [0.1, 0.15) is 29.9 Å². The number of halogens is 1. The highest BCUT2D eigenvalue weighted by molar-refractivity contribution is 5.90. The molecule has 1 N–H and O–H groups in total. The summed E-state index contributed by atoms with van der Waals surface area (Å²) in [7, 11) is 0. The molecule has 31 heavy (non-hydrogen) atoms. The average molecular weight is 425 g/mol. The number of rotatable bonds is 10. The van der Waals surface area contributed by atoms with E-state index < -0.39 is 0 Å². The fourth-order valence-corrected chi connectivity index (χ4v) is 3.05. The topological polar surface area (TPSA) is 89.4 Å². The lowest BCUT2D eigenvalue weighted by Gasteiger charge is -2.22. The molecule has 0 unspecified atom stereocenters. The van der Waals surface area contributed by atoms with Crippen molar-refractivity contribution in [3.05, 3.63) is 65.7 Å². The molecule has 0 aliphatic heterocycles. The molecule has 162 valence electrons. The van der Waals surface area contributed by atoms with Gasteiger partial charge in [0.05, 0.1) is 11.8 Å². The van der Waals surface area contributed by atoms with E-state index in [-0.39, 0.29) is 24.9 Å². The summed E-state index contributed by atoms with van der Waals surface area (Å²) < 4.78 is 20.1. The Kier molecular flexibility index (Phi) is 7.31. The Morgan fingerprint density at radius 1 is 1.19 bits per heavy atom. The van der Waals surface area contributed by atoms with Gasteiger partial charge in [-0.05, 0) is 50.2 Å². The van der Waals surface area contributed by atoms with Gasteiger partial charge in [0.2, 0.25) is 5.91 Å². The first-order valence-corrected chi connectivity index (χ1v) is 9.93. The van der Waals surface area contributed by atoms with Gasteiger partial charge in [-0.1, -0.05) is 5.21 Å². The molecular formula is C22H24FN5O3. The number of nitrogens with one attached hydrogen (secondary N) is 1. The second-order valence-corrected chi connectivity index (χ2v) is 6.76. The van der Waals surface area contributed by atoms with Gasteiger partial charge in [0.1, 0.15) is 30.4 Å². The summed E-state index contributed by atoms with van der Waals surface area (Å²) in [6.07, 6.45) is 2.34. The Hall–Kier alpha value is -3.75. The van der Waals surface area contributed by atoms with Crippen LogP contribution in [0.5, 0.6) is 5.75 Å². The van der Waals surface area contributed by atoms with Gasteiger partial charge >= 0.3 is 0 Å². The van der Waals surface area contributed by atoms with Crippen molar-refractivity contribution in [2.24, 2.45) is 0 Å². The lowest BCUT2D eigenvalue weighted by Crippen LogP contribution is -2.21. The van der Waals surface area contributed by atoms with E-state index in [1.165, 1.54) is 28.9 Å². The highest BCUT2D eigenvalue weighted by Crippen LogP contribution is 2.25. The van der Waals surface area contributed by atoms with Gasteiger partial charge in [-0.15, -0.1) is 5.10 Å². The molecule has 0 saturated carbocycles. The molecule has 1 heterocycles. The third-order valence-corrected chi connectivity index (χ3v) is 4.65. The molecule has 0 aliphatic carbocycles. The van der Waals surface area contributed by atoms with Crippen LogP contribution in [0.3, 0.4) is 0 Å². The van der Waals surface area contributed by atoms with E-state index in [1.807, 2.05) is 12.1 Å². The number of benzene rings is 2. The number of hydrogen-bond donors (Lipinski definition) is 1. The van der Waals surface area contributed by atoms with Crippen LogP contribution in [-0.4, -0.2) is 40.3 Å². The number of aldehydes is 1. The molecule has 0 spiro atoms.